The molecule has 22 heavy (non-hydrogen) atoms. The molecule has 0 saturated carbocycles. The zero-order valence-corrected chi connectivity index (χ0v) is 18.1. The Balaban J connectivity index is -0.0000000803. The van der Waals surface area contributed by atoms with Crippen molar-refractivity contribution >= 4 is 12.6 Å². The summed E-state index contributed by atoms with van der Waals surface area (Å²) < 4.78 is 0. The van der Waals surface area contributed by atoms with Gasteiger partial charge in [-0.3, -0.25) is 0 Å². The first-order valence-corrected chi connectivity index (χ1v) is 8.67. The zero-order chi connectivity index (χ0) is 19.3. The number of hydrogen-bond donors (Lipinski definition) is 1. The first-order valence-electron chi connectivity index (χ1n) is 8.23. The number of thiol groups is 1. The summed E-state index contributed by atoms with van der Waals surface area (Å²) in [6.45, 7) is 33.1. The molecule has 0 radical (unpaired) electrons. The quantitative estimate of drug-likeness (QED) is 0.389. The average Bonchev–Trinajstić information content (AvgIpc) is 2.49. The van der Waals surface area contributed by atoms with Crippen molar-refractivity contribution in [2.75, 3.05) is 0 Å². The highest BCUT2D eigenvalue weighted by Crippen LogP contribution is 2.14. The van der Waals surface area contributed by atoms with Gasteiger partial charge in [-0.05, 0) is 50.7 Å². The van der Waals surface area contributed by atoms with Gasteiger partial charge in [-0.25, -0.2) is 0 Å². The Bertz CT molecular complexity index is 324. The predicted octanol–water partition coefficient (Wildman–Crippen LogP) is 8.56. The smallest absolute Gasteiger partial charge is 0.0273 e. The molecule has 0 aliphatic heterocycles. The average molecular weight is 327 g/mol. The lowest BCUT2D eigenvalue weighted by Crippen LogP contribution is -1.82. The Hall–Kier alpha value is -0.950. The van der Waals surface area contributed by atoms with E-state index in [0.717, 1.165) is 16.1 Å². The van der Waals surface area contributed by atoms with Crippen molar-refractivity contribution in [2.24, 2.45) is 0 Å². The van der Waals surface area contributed by atoms with Gasteiger partial charge in [0.05, 0.1) is 0 Å². The molecular weight excluding hydrogens is 284 g/mol. The van der Waals surface area contributed by atoms with E-state index in [1.54, 1.807) is 0 Å². The lowest BCUT2D eigenvalue weighted by Gasteiger charge is -2.03. The minimum atomic E-state index is 0.861. The Labute approximate surface area is 148 Å². The van der Waals surface area contributed by atoms with Gasteiger partial charge in [0.15, 0.2) is 0 Å². The highest BCUT2D eigenvalue weighted by molar-refractivity contribution is 7.84. The summed E-state index contributed by atoms with van der Waals surface area (Å²) in [5.74, 6) is 0. The number of hydrogen-bond acceptors (Lipinski definition) is 1. The van der Waals surface area contributed by atoms with E-state index in [0.29, 0.717) is 0 Å². The molecule has 0 aromatic heterocycles. The van der Waals surface area contributed by atoms with Crippen LogP contribution in [0, 0.1) is 0 Å². The molecule has 1 heteroatoms. The first-order chi connectivity index (χ1) is 10.2. The molecule has 0 atom stereocenters. The van der Waals surface area contributed by atoms with Crippen LogP contribution in [0.15, 0.2) is 59.1 Å². The molecule has 0 fully saturated rings. The third kappa shape index (κ3) is 36.4. The highest BCUT2D eigenvalue weighted by atomic mass is 32.1. The fourth-order valence-corrected chi connectivity index (χ4v) is 0.809. The fourth-order valence-electron chi connectivity index (χ4n) is 0.809. The van der Waals surface area contributed by atoms with Gasteiger partial charge in [-0.15, -0.1) is 12.6 Å². The molecule has 0 aliphatic rings. The molecule has 0 bridgehead atoms. The summed E-state index contributed by atoms with van der Waals surface area (Å²) in [6, 6.07) is 0. The predicted molar refractivity (Wildman–Crippen MR) is 115 cm³/mol. The van der Waals surface area contributed by atoms with E-state index in [-0.39, 0.29) is 0 Å². The minimum Gasteiger partial charge on any atom is -0.149 e. The van der Waals surface area contributed by atoms with Crippen molar-refractivity contribution in [2.45, 2.75) is 76.2 Å². The van der Waals surface area contributed by atoms with E-state index in [4.69, 9.17) is 0 Å². The second-order valence-electron chi connectivity index (χ2n) is 3.87. The van der Waals surface area contributed by atoms with E-state index < -0.39 is 0 Å². The summed E-state index contributed by atoms with van der Waals surface area (Å²) in [5, 5.41) is 0. The van der Waals surface area contributed by atoms with Gasteiger partial charge < -0.3 is 0 Å². The van der Waals surface area contributed by atoms with Gasteiger partial charge in [-0.1, -0.05) is 84.6 Å². The van der Waals surface area contributed by atoms with Gasteiger partial charge in [0.1, 0.15) is 0 Å². The van der Waals surface area contributed by atoms with Crippen LogP contribution < -0.4 is 0 Å². The summed E-state index contributed by atoms with van der Waals surface area (Å²) in [4.78, 5) is 0.861. The zero-order valence-electron chi connectivity index (χ0n) is 17.2. The largest absolute Gasteiger partial charge is 0.149 e. The van der Waals surface area contributed by atoms with E-state index in [9.17, 15) is 0 Å². The molecule has 0 unspecified atom stereocenters. The van der Waals surface area contributed by atoms with Gasteiger partial charge >= 0.3 is 0 Å². The molecule has 0 nitrogen and oxygen atoms in total. The van der Waals surface area contributed by atoms with E-state index >= 15 is 0 Å². The van der Waals surface area contributed by atoms with Gasteiger partial charge in [0.2, 0.25) is 0 Å². The van der Waals surface area contributed by atoms with Crippen LogP contribution in [0.3, 0.4) is 0 Å². The fraction of sp³-hybridized carbons (Fsp3) is 0.524. The molecular formula is C21H42S. The van der Waals surface area contributed by atoms with Crippen molar-refractivity contribution < 1.29 is 0 Å². The van der Waals surface area contributed by atoms with E-state index in [1.165, 1.54) is 11.1 Å². The molecule has 0 aromatic rings. The second-order valence-corrected chi connectivity index (χ2v) is 4.63. The van der Waals surface area contributed by atoms with Crippen LogP contribution in [-0.2, 0) is 0 Å². The van der Waals surface area contributed by atoms with Crippen molar-refractivity contribution in [3.05, 3.63) is 59.1 Å². The van der Waals surface area contributed by atoms with Gasteiger partial charge in [0, 0.05) is 0 Å². The minimum absolute atomic E-state index is 0.861. The molecule has 0 saturated heterocycles. The molecule has 0 heterocycles. The van der Waals surface area contributed by atoms with Crippen LogP contribution in [0.1, 0.15) is 76.2 Å². The monoisotopic (exact) mass is 326 g/mol. The van der Waals surface area contributed by atoms with E-state index in [1.807, 2.05) is 69.2 Å². The topological polar surface area (TPSA) is 0 Å². The molecule has 0 aliphatic carbocycles. The molecule has 0 spiro atoms. The molecule has 0 rings (SSSR count). The Morgan fingerprint density at radius 3 is 1.14 bits per heavy atom. The van der Waals surface area contributed by atoms with Crippen LogP contribution in [0.2, 0.25) is 0 Å². The van der Waals surface area contributed by atoms with Crippen molar-refractivity contribution in [1.29, 1.82) is 0 Å². The van der Waals surface area contributed by atoms with Gasteiger partial charge in [-0.2, -0.15) is 0 Å². The second kappa shape index (κ2) is 28.2. The summed E-state index contributed by atoms with van der Waals surface area (Å²) in [5.41, 5.74) is 4.61. The molecule has 132 valence electrons. The lowest BCUT2D eigenvalue weighted by molar-refractivity contribution is 1.32. The third-order valence-corrected chi connectivity index (χ3v) is 1.85. The van der Waals surface area contributed by atoms with Crippen LogP contribution >= 0.6 is 12.6 Å². The summed E-state index contributed by atoms with van der Waals surface area (Å²) in [6.07, 6.45) is 4.18. The van der Waals surface area contributed by atoms with E-state index in [2.05, 4.69) is 51.4 Å². The van der Waals surface area contributed by atoms with Crippen LogP contribution in [0.4, 0.5) is 0 Å². The van der Waals surface area contributed by atoms with Crippen molar-refractivity contribution in [1.82, 2.24) is 0 Å². The maximum absolute atomic E-state index is 3.90. The first kappa shape index (κ1) is 32.8. The molecule has 0 aromatic carbocycles. The Kier molecular flexibility index (Phi) is 42.2. The lowest BCUT2D eigenvalue weighted by atomic mass is 10.0. The molecule has 0 N–H and O–H groups in total. The number of allylic oxidation sites excluding steroid dienone is 7. The third-order valence-electron chi connectivity index (χ3n) is 1.85. The summed E-state index contributed by atoms with van der Waals surface area (Å²) in [7, 11) is 0. The van der Waals surface area contributed by atoms with Gasteiger partial charge in [0.25, 0.3) is 0 Å². The Morgan fingerprint density at radius 2 is 1.00 bits per heavy atom. The highest BCUT2D eigenvalue weighted by Gasteiger charge is 1.94. The van der Waals surface area contributed by atoms with Crippen molar-refractivity contribution in [3.8, 4) is 0 Å². The maximum Gasteiger partial charge on any atom is -0.0273 e. The summed E-state index contributed by atoms with van der Waals surface area (Å²) >= 11 is 3.77. The SMILES string of the molecule is C=C(C)/C(C)=C/C(=C\C)C(=C)C.C=C(C)S.CC.CC.CC. The normalized spacial score (nSPS) is 9.09. The molecule has 0 amide bonds. The maximum atomic E-state index is 3.90. The number of rotatable bonds is 3. The van der Waals surface area contributed by atoms with Crippen molar-refractivity contribution in [3.63, 3.8) is 0 Å². The Morgan fingerprint density at radius 1 is 0.727 bits per heavy atom. The van der Waals surface area contributed by atoms with Crippen LogP contribution in [0.25, 0.3) is 0 Å². The van der Waals surface area contributed by atoms with Crippen LogP contribution in [0.5, 0.6) is 0 Å². The standard InChI is InChI=1S/C12H18.C3H6S.3C2H6/c1-7-12(10(4)5)8-11(6)9(2)3;1-3(2)4;3*1-2/h7-8H,2,4H2,1,3,5-6H3;4H,1H2,2H3;3*1-2H3/b11-8+,12-7+;;;;. The van der Waals surface area contributed by atoms with Crippen LogP contribution in [-0.4, -0.2) is 0 Å².